The topological polar surface area (TPSA) is 38.3 Å². The molecule has 0 fully saturated rings. The summed E-state index contributed by atoms with van der Waals surface area (Å²) in [5.74, 6) is -0.149. The molecule has 0 atom stereocenters. The molecule has 0 bridgehead atoms. The van der Waals surface area contributed by atoms with Crippen molar-refractivity contribution in [1.29, 1.82) is 0 Å². The van der Waals surface area contributed by atoms with Crippen LogP contribution in [0.1, 0.15) is 6.42 Å². The Hall–Kier alpha value is -1.25. The van der Waals surface area contributed by atoms with Crippen molar-refractivity contribution in [2.75, 3.05) is 13.2 Å². The number of nitrogens with one attached hydrogen (secondary N) is 1. The van der Waals surface area contributed by atoms with Gasteiger partial charge in [0.1, 0.15) is 0 Å². The lowest BCUT2D eigenvalue weighted by Gasteiger charge is -2.00. The van der Waals surface area contributed by atoms with Gasteiger partial charge in [0, 0.05) is 6.54 Å². The first-order chi connectivity index (χ1) is 5.31. The van der Waals surface area contributed by atoms with Gasteiger partial charge in [-0.15, -0.1) is 0 Å². The Kier molecular flexibility index (Phi) is 6.08. The zero-order valence-corrected chi connectivity index (χ0v) is 6.51. The van der Waals surface area contributed by atoms with Crippen LogP contribution in [0.5, 0.6) is 0 Å². The van der Waals surface area contributed by atoms with Gasteiger partial charge in [0.25, 0.3) is 0 Å². The third kappa shape index (κ3) is 6.64. The van der Waals surface area contributed by atoms with Gasteiger partial charge < -0.3 is 10.1 Å². The van der Waals surface area contributed by atoms with Gasteiger partial charge in [-0.3, -0.25) is 4.79 Å². The predicted octanol–water partition coefficient (Wildman–Crippen LogP) is 0.839. The number of ether oxygens (including phenoxy) is 1. The highest BCUT2D eigenvalue weighted by Crippen LogP contribution is 1.80. The van der Waals surface area contributed by atoms with Crippen LogP contribution in [0.2, 0.25) is 0 Å². The van der Waals surface area contributed by atoms with E-state index in [9.17, 15) is 4.79 Å². The van der Waals surface area contributed by atoms with E-state index in [0.717, 1.165) is 6.42 Å². The fourth-order valence-corrected chi connectivity index (χ4v) is 0.523. The van der Waals surface area contributed by atoms with Gasteiger partial charge in [0.2, 0.25) is 5.91 Å². The van der Waals surface area contributed by atoms with E-state index in [1.165, 1.54) is 12.3 Å². The Balaban J connectivity index is 3.07. The Morgan fingerprint density at radius 1 is 1.55 bits per heavy atom. The lowest BCUT2D eigenvalue weighted by molar-refractivity contribution is -0.116. The van der Waals surface area contributed by atoms with Crippen molar-refractivity contribution in [3.05, 3.63) is 25.5 Å². The zero-order chi connectivity index (χ0) is 8.53. The van der Waals surface area contributed by atoms with Crippen LogP contribution < -0.4 is 5.32 Å². The number of hydrogen-bond acceptors (Lipinski definition) is 2. The summed E-state index contributed by atoms with van der Waals surface area (Å²) >= 11 is 0. The van der Waals surface area contributed by atoms with Crippen LogP contribution in [0.15, 0.2) is 25.5 Å². The van der Waals surface area contributed by atoms with E-state index >= 15 is 0 Å². The van der Waals surface area contributed by atoms with Crippen molar-refractivity contribution in [1.82, 2.24) is 5.32 Å². The van der Waals surface area contributed by atoms with Crippen LogP contribution in [0, 0.1) is 0 Å². The summed E-state index contributed by atoms with van der Waals surface area (Å²) in [5, 5.41) is 2.62. The molecule has 0 rings (SSSR count). The Labute approximate surface area is 66.7 Å². The molecule has 0 saturated carbocycles. The summed E-state index contributed by atoms with van der Waals surface area (Å²) in [5.41, 5.74) is 0. The van der Waals surface area contributed by atoms with Crippen LogP contribution >= 0.6 is 0 Å². The van der Waals surface area contributed by atoms with Crippen molar-refractivity contribution in [3.8, 4) is 0 Å². The van der Waals surface area contributed by atoms with Crippen molar-refractivity contribution in [2.24, 2.45) is 0 Å². The summed E-state index contributed by atoms with van der Waals surface area (Å²) in [6.07, 6.45) is 3.41. The molecule has 0 aliphatic rings. The van der Waals surface area contributed by atoms with Crippen LogP contribution in [-0.4, -0.2) is 19.1 Å². The maximum absolute atomic E-state index is 10.6. The highest BCUT2D eigenvalue weighted by Gasteiger charge is 1.91. The van der Waals surface area contributed by atoms with Gasteiger partial charge in [0.15, 0.2) is 0 Å². The van der Waals surface area contributed by atoms with Gasteiger partial charge in [0.05, 0.1) is 12.9 Å². The number of hydrogen-bond donors (Lipinski definition) is 1. The maximum Gasteiger partial charge on any atom is 0.243 e. The van der Waals surface area contributed by atoms with Crippen molar-refractivity contribution >= 4 is 5.91 Å². The van der Waals surface area contributed by atoms with Crippen molar-refractivity contribution in [3.63, 3.8) is 0 Å². The fourth-order valence-electron chi connectivity index (χ4n) is 0.523. The summed E-state index contributed by atoms with van der Waals surface area (Å²) in [6.45, 7) is 7.89. The number of amides is 1. The molecule has 0 radical (unpaired) electrons. The molecule has 3 nitrogen and oxygen atoms in total. The highest BCUT2D eigenvalue weighted by atomic mass is 16.5. The first kappa shape index (κ1) is 9.75. The highest BCUT2D eigenvalue weighted by molar-refractivity contribution is 5.86. The third-order valence-corrected chi connectivity index (χ3v) is 1.04. The van der Waals surface area contributed by atoms with Crippen LogP contribution in [0.4, 0.5) is 0 Å². The van der Waals surface area contributed by atoms with Gasteiger partial charge in [-0.1, -0.05) is 13.2 Å². The first-order valence-electron chi connectivity index (χ1n) is 3.44. The monoisotopic (exact) mass is 155 g/mol. The molecule has 0 aliphatic heterocycles. The Bertz CT molecular complexity index is 143. The molecule has 0 unspecified atom stereocenters. The molecule has 0 aromatic rings. The molecular formula is C8H13NO2. The van der Waals surface area contributed by atoms with E-state index in [4.69, 9.17) is 4.74 Å². The minimum absolute atomic E-state index is 0.149. The second-order valence-corrected chi connectivity index (χ2v) is 1.89. The molecule has 0 saturated heterocycles. The van der Waals surface area contributed by atoms with Crippen LogP contribution in [0.3, 0.4) is 0 Å². The molecular weight excluding hydrogens is 142 g/mol. The SMILES string of the molecule is C=COCCCNC(=O)C=C. The summed E-state index contributed by atoms with van der Waals surface area (Å²) in [7, 11) is 0. The largest absolute Gasteiger partial charge is 0.502 e. The minimum Gasteiger partial charge on any atom is -0.502 e. The number of carbonyl (C=O) groups excluding carboxylic acids is 1. The van der Waals surface area contributed by atoms with Crippen LogP contribution in [-0.2, 0) is 9.53 Å². The number of rotatable bonds is 6. The molecule has 1 N–H and O–H groups in total. The van der Waals surface area contributed by atoms with Gasteiger partial charge >= 0.3 is 0 Å². The molecule has 62 valence electrons. The lowest BCUT2D eigenvalue weighted by atomic mass is 10.4. The smallest absolute Gasteiger partial charge is 0.243 e. The second kappa shape index (κ2) is 6.86. The summed E-state index contributed by atoms with van der Waals surface area (Å²) < 4.78 is 4.84. The number of carbonyl (C=O) groups is 1. The second-order valence-electron chi connectivity index (χ2n) is 1.89. The van der Waals surface area contributed by atoms with E-state index < -0.39 is 0 Å². The molecule has 0 aliphatic carbocycles. The Morgan fingerprint density at radius 3 is 2.82 bits per heavy atom. The van der Waals surface area contributed by atoms with Gasteiger partial charge in [-0.25, -0.2) is 0 Å². The minimum atomic E-state index is -0.149. The average molecular weight is 155 g/mol. The first-order valence-corrected chi connectivity index (χ1v) is 3.44. The zero-order valence-electron chi connectivity index (χ0n) is 6.51. The van der Waals surface area contributed by atoms with Crippen molar-refractivity contribution in [2.45, 2.75) is 6.42 Å². The molecule has 0 heterocycles. The predicted molar refractivity (Wildman–Crippen MR) is 44.0 cm³/mol. The fraction of sp³-hybridized carbons (Fsp3) is 0.375. The van der Waals surface area contributed by atoms with E-state index in [-0.39, 0.29) is 5.91 Å². The van der Waals surface area contributed by atoms with E-state index in [2.05, 4.69) is 18.5 Å². The van der Waals surface area contributed by atoms with E-state index in [1.807, 2.05) is 0 Å². The molecule has 0 aromatic carbocycles. The standard InChI is InChI=1S/C8H13NO2/c1-3-8(10)9-6-5-7-11-4-2/h3-4H,1-2,5-7H2,(H,9,10). The van der Waals surface area contributed by atoms with Crippen molar-refractivity contribution < 1.29 is 9.53 Å². The normalized spacial score (nSPS) is 8.36. The molecule has 11 heavy (non-hydrogen) atoms. The summed E-state index contributed by atoms with van der Waals surface area (Å²) in [6, 6.07) is 0. The van der Waals surface area contributed by atoms with E-state index in [1.54, 1.807) is 0 Å². The third-order valence-electron chi connectivity index (χ3n) is 1.04. The van der Waals surface area contributed by atoms with Gasteiger partial charge in [-0.2, -0.15) is 0 Å². The maximum atomic E-state index is 10.6. The van der Waals surface area contributed by atoms with Crippen LogP contribution in [0.25, 0.3) is 0 Å². The molecule has 0 spiro atoms. The Morgan fingerprint density at radius 2 is 2.27 bits per heavy atom. The average Bonchev–Trinajstić information content (AvgIpc) is 2.04. The summed E-state index contributed by atoms with van der Waals surface area (Å²) in [4.78, 5) is 10.6. The van der Waals surface area contributed by atoms with E-state index in [0.29, 0.717) is 13.2 Å². The molecule has 1 amide bonds. The quantitative estimate of drug-likeness (QED) is 0.350. The molecule has 3 heteroatoms. The van der Waals surface area contributed by atoms with Gasteiger partial charge in [-0.05, 0) is 12.5 Å². The lowest BCUT2D eigenvalue weighted by Crippen LogP contribution is -2.22. The molecule has 0 aromatic heterocycles.